The Morgan fingerprint density at radius 2 is 1.65 bits per heavy atom. The van der Waals surface area contributed by atoms with E-state index in [2.05, 4.69) is 5.32 Å². The zero-order chi connectivity index (χ0) is 16.4. The Morgan fingerprint density at radius 1 is 1.04 bits per heavy atom. The van der Waals surface area contributed by atoms with Gasteiger partial charge >= 0.3 is 0 Å². The maximum absolute atomic E-state index is 12.2. The van der Waals surface area contributed by atoms with Gasteiger partial charge in [0.05, 0.1) is 6.26 Å². The fourth-order valence-corrected chi connectivity index (χ4v) is 6.37. The van der Waals surface area contributed by atoms with E-state index in [9.17, 15) is 13.2 Å². The van der Waals surface area contributed by atoms with E-state index in [0.717, 1.165) is 38.0 Å². The molecule has 0 spiro atoms. The summed E-state index contributed by atoms with van der Waals surface area (Å²) in [5, 5.41) is 3.17. The van der Waals surface area contributed by atoms with Gasteiger partial charge in [-0.15, -0.1) is 0 Å². The van der Waals surface area contributed by atoms with Crippen LogP contribution in [0.2, 0.25) is 0 Å². The number of sulfonamides is 1. The summed E-state index contributed by atoms with van der Waals surface area (Å²) in [5.74, 6) is 0.894. The van der Waals surface area contributed by atoms with Crippen LogP contribution in [0.25, 0.3) is 0 Å². The number of hydrogen-bond acceptors (Lipinski definition) is 3. The standard InChI is InChI=1S/C17H30N2O3S/c1-23(21,22)19-15-8-9-16(19)12-14(11-15)18-17(20)10-7-13-5-3-2-4-6-13/h13-16H,2-12H2,1H3,(H,18,20). The third-order valence-electron chi connectivity index (χ3n) is 5.92. The van der Waals surface area contributed by atoms with Crippen LogP contribution >= 0.6 is 0 Å². The quantitative estimate of drug-likeness (QED) is 0.834. The molecule has 3 aliphatic rings. The molecule has 2 bridgehead atoms. The van der Waals surface area contributed by atoms with Crippen molar-refractivity contribution in [3.63, 3.8) is 0 Å². The van der Waals surface area contributed by atoms with Crippen LogP contribution in [0, 0.1) is 5.92 Å². The third kappa shape index (κ3) is 4.27. The van der Waals surface area contributed by atoms with Crippen molar-refractivity contribution in [3.8, 4) is 0 Å². The van der Waals surface area contributed by atoms with Gasteiger partial charge in [-0.1, -0.05) is 32.1 Å². The summed E-state index contributed by atoms with van der Waals surface area (Å²) >= 11 is 0. The molecule has 0 aromatic carbocycles. The number of nitrogens with one attached hydrogen (secondary N) is 1. The minimum atomic E-state index is -3.12. The monoisotopic (exact) mass is 342 g/mol. The summed E-state index contributed by atoms with van der Waals surface area (Å²) in [7, 11) is -3.12. The van der Waals surface area contributed by atoms with Crippen molar-refractivity contribution >= 4 is 15.9 Å². The Labute approximate surface area is 140 Å². The summed E-state index contributed by atoms with van der Waals surface area (Å²) in [6.45, 7) is 0. The van der Waals surface area contributed by atoms with Crippen molar-refractivity contribution in [3.05, 3.63) is 0 Å². The van der Waals surface area contributed by atoms with Crippen LogP contribution in [0.4, 0.5) is 0 Å². The first-order chi connectivity index (χ1) is 10.9. The van der Waals surface area contributed by atoms with Gasteiger partial charge in [0.15, 0.2) is 0 Å². The predicted octanol–water partition coefficient (Wildman–Crippen LogP) is 2.42. The molecule has 1 aliphatic carbocycles. The minimum Gasteiger partial charge on any atom is -0.353 e. The zero-order valence-electron chi connectivity index (χ0n) is 14.2. The molecule has 5 nitrogen and oxygen atoms in total. The fourth-order valence-electron chi connectivity index (χ4n) is 4.90. The second-order valence-corrected chi connectivity index (χ2v) is 9.64. The Bertz CT molecular complexity index is 514. The first kappa shape index (κ1) is 17.2. The molecule has 2 heterocycles. The van der Waals surface area contributed by atoms with Crippen LogP contribution in [0.15, 0.2) is 0 Å². The highest BCUT2D eigenvalue weighted by atomic mass is 32.2. The van der Waals surface area contributed by atoms with Gasteiger partial charge < -0.3 is 5.32 Å². The molecule has 0 aromatic heterocycles. The van der Waals surface area contributed by atoms with Crippen LogP contribution in [-0.4, -0.2) is 43.0 Å². The van der Waals surface area contributed by atoms with E-state index in [4.69, 9.17) is 0 Å². The summed E-state index contributed by atoms with van der Waals surface area (Å²) in [4.78, 5) is 12.2. The maximum atomic E-state index is 12.2. The molecule has 2 atom stereocenters. The summed E-state index contributed by atoms with van der Waals surface area (Å²) < 4.78 is 25.5. The molecule has 132 valence electrons. The van der Waals surface area contributed by atoms with E-state index < -0.39 is 10.0 Å². The molecule has 3 fully saturated rings. The van der Waals surface area contributed by atoms with Crippen molar-refractivity contribution < 1.29 is 13.2 Å². The van der Waals surface area contributed by atoms with Crippen molar-refractivity contribution in [2.45, 2.75) is 88.8 Å². The van der Waals surface area contributed by atoms with E-state index in [1.54, 1.807) is 4.31 Å². The summed E-state index contributed by atoms with van der Waals surface area (Å²) in [6.07, 6.45) is 12.9. The number of nitrogens with zero attached hydrogens (tertiary/aromatic N) is 1. The number of hydrogen-bond donors (Lipinski definition) is 1. The summed E-state index contributed by atoms with van der Waals surface area (Å²) in [5.41, 5.74) is 0. The molecule has 2 saturated heterocycles. The Morgan fingerprint density at radius 3 is 2.22 bits per heavy atom. The Kier molecular flexibility index (Phi) is 5.31. The topological polar surface area (TPSA) is 66.5 Å². The van der Waals surface area contributed by atoms with Gasteiger partial charge in [-0.05, 0) is 38.0 Å². The molecule has 0 aromatic rings. The van der Waals surface area contributed by atoms with E-state index in [0.29, 0.717) is 6.42 Å². The lowest BCUT2D eigenvalue weighted by molar-refractivity contribution is -0.122. The molecular weight excluding hydrogens is 312 g/mol. The van der Waals surface area contributed by atoms with Gasteiger partial charge in [0.2, 0.25) is 15.9 Å². The van der Waals surface area contributed by atoms with E-state index in [1.165, 1.54) is 38.4 Å². The predicted molar refractivity (Wildman–Crippen MR) is 90.5 cm³/mol. The Hall–Kier alpha value is -0.620. The minimum absolute atomic E-state index is 0.0902. The van der Waals surface area contributed by atoms with Crippen molar-refractivity contribution in [1.29, 1.82) is 0 Å². The first-order valence-electron chi connectivity index (χ1n) is 9.21. The summed E-state index contributed by atoms with van der Waals surface area (Å²) in [6, 6.07) is 0.337. The van der Waals surface area contributed by atoms with E-state index in [-0.39, 0.29) is 24.0 Å². The molecule has 1 saturated carbocycles. The Balaban J connectivity index is 1.45. The van der Waals surface area contributed by atoms with Gasteiger partial charge in [0.1, 0.15) is 0 Å². The van der Waals surface area contributed by atoms with Gasteiger partial charge in [-0.2, -0.15) is 4.31 Å². The zero-order valence-corrected chi connectivity index (χ0v) is 15.0. The average molecular weight is 343 g/mol. The number of amides is 1. The largest absolute Gasteiger partial charge is 0.353 e. The smallest absolute Gasteiger partial charge is 0.220 e. The average Bonchev–Trinajstić information content (AvgIpc) is 2.79. The van der Waals surface area contributed by atoms with E-state index in [1.807, 2.05) is 0 Å². The van der Waals surface area contributed by atoms with Crippen LogP contribution in [0.3, 0.4) is 0 Å². The lowest BCUT2D eigenvalue weighted by Gasteiger charge is -2.37. The van der Waals surface area contributed by atoms with Crippen LogP contribution in [-0.2, 0) is 14.8 Å². The highest BCUT2D eigenvalue weighted by Gasteiger charge is 2.45. The SMILES string of the molecule is CS(=O)(=O)N1C2CCC1CC(NC(=O)CCC1CCCCC1)C2. The van der Waals surface area contributed by atoms with Crippen LogP contribution in [0.5, 0.6) is 0 Å². The molecule has 1 N–H and O–H groups in total. The highest BCUT2D eigenvalue weighted by Crippen LogP contribution is 2.37. The van der Waals surface area contributed by atoms with E-state index >= 15 is 0 Å². The lowest BCUT2D eigenvalue weighted by atomic mass is 9.86. The molecule has 3 rings (SSSR count). The van der Waals surface area contributed by atoms with Crippen molar-refractivity contribution in [1.82, 2.24) is 9.62 Å². The number of carbonyl (C=O) groups is 1. The van der Waals surface area contributed by atoms with Crippen LogP contribution in [0.1, 0.15) is 70.6 Å². The molecule has 6 heteroatoms. The number of rotatable bonds is 5. The second kappa shape index (κ2) is 7.09. The first-order valence-corrected chi connectivity index (χ1v) is 11.1. The second-order valence-electron chi connectivity index (χ2n) is 7.76. The number of piperidine rings is 1. The van der Waals surface area contributed by atoms with Crippen molar-refractivity contribution in [2.75, 3.05) is 6.26 Å². The van der Waals surface area contributed by atoms with Gasteiger partial charge in [0, 0.05) is 24.5 Å². The molecule has 0 radical (unpaired) electrons. The number of fused-ring (bicyclic) bond motifs is 2. The highest BCUT2D eigenvalue weighted by molar-refractivity contribution is 7.88. The van der Waals surface area contributed by atoms with Gasteiger partial charge in [-0.25, -0.2) is 8.42 Å². The van der Waals surface area contributed by atoms with Gasteiger partial charge in [-0.3, -0.25) is 4.79 Å². The van der Waals surface area contributed by atoms with Crippen LogP contribution < -0.4 is 5.32 Å². The maximum Gasteiger partial charge on any atom is 0.220 e. The molecule has 2 aliphatic heterocycles. The fraction of sp³-hybridized carbons (Fsp3) is 0.941. The lowest BCUT2D eigenvalue weighted by Crippen LogP contribution is -2.52. The molecule has 23 heavy (non-hydrogen) atoms. The number of carbonyl (C=O) groups excluding carboxylic acids is 1. The normalized spacial score (nSPS) is 32.8. The molecule has 2 unspecified atom stereocenters. The molecular formula is C17H30N2O3S. The van der Waals surface area contributed by atoms with Gasteiger partial charge in [0.25, 0.3) is 0 Å². The van der Waals surface area contributed by atoms with Crippen molar-refractivity contribution in [2.24, 2.45) is 5.92 Å². The molecule has 1 amide bonds. The third-order valence-corrected chi connectivity index (χ3v) is 7.28.